The summed E-state index contributed by atoms with van der Waals surface area (Å²) in [5.41, 5.74) is 4.18. The van der Waals surface area contributed by atoms with Crippen LogP contribution < -0.4 is 16.2 Å². The Morgan fingerprint density at radius 1 is 0.903 bits per heavy atom. The summed E-state index contributed by atoms with van der Waals surface area (Å²) in [5, 5.41) is 9.57. The van der Waals surface area contributed by atoms with E-state index in [0.717, 1.165) is 15.8 Å². The molecule has 3 aromatic rings. The van der Waals surface area contributed by atoms with E-state index >= 15 is 0 Å². The van der Waals surface area contributed by atoms with Crippen LogP contribution in [0.2, 0.25) is 0 Å². The summed E-state index contributed by atoms with van der Waals surface area (Å²) in [5.74, 6) is -0.467. The number of hydrogen-bond acceptors (Lipinski definition) is 4. The van der Waals surface area contributed by atoms with Crippen LogP contribution in [0.5, 0.6) is 0 Å². The quantitative estimate of drug-likeness (QED) is 0.635. The first kappa shape index (κ1) is 22.0. The Kier molecular flexibility index (Phi) is 6.65. The number of nitrogens with zero attached hydrogens (tertiary/aromatic N) is 2. The van der Waals surface area contributed by atoms with Gasteiger partial charge in [-0.2, -0.15) is 5.10 Å². The van der Waals surface area contributed by atoms with Crippen molar-refractivity contribution in [3.8, 4) is 0 Å². The predicted molar refractivity (Wildman–Crippen MR) is 122 cm³/mol. The summed E-state index contributed by atoms with van der Waals surface area (Å²) in [4.78, 5) is 37.1. The third-order valence-electron chi connectivity index (χ3n) is 5.02. The molecule has 2 N–H and O–H groups in total. The lowest BCUT2D eigenvalue weighted by molar-refractivity contribution is -0.117. The summed E-state index contributed by atoms with van der Waals surface area (Å²) >= 11 is 0. The highest BCUT2D eigenvalue weighted by Crippen LogP contribution is 2.17. The third-order valence-corrected chi connectivity index (χ3v) is 5.02. The smallest absolute Gasteiger partial charge is 0.276 e. The first-order chi connectivity index (χ1) is 14.7. The van der Waals surface area contributed by atoms with Crippen molar-refractivity contribution in [2.45, 2.75) is 40.2 Å². The van der Waals surface area contributed by atoms with Gasteiger partial charge < -0.3 is 10.6 Å². The minimum atomic E-state index is -0.465. The van der Waals surface area contributed by atoms with Crippen molar-refractivity contribution in [1.82, 2.24) is 9.78 Å². The van der Waals surface area contributed by atoms with Gasteiger partial charge in [0.05, 0.1) is 0 Å². The molecule has 2 aromatic carbocycles. The Morgan fingerprint density at radius 3 is 2.23 bits per heavy atom. The largest absolute Gasteiger partial charge is 0.324 e. The van der Waals surface area contributed by atoms with Crippen LogP contribution in [-0.2, 0) is 11.3 Å². The molecule has 0 saturated carbocycles. The standard InChI is InChI=1S/C24H26N4O3/c1-15(2)18-6-9-19(10-7-18)25-22(29)14-28-23(30)12-11-21(27-28)24(31)26-20-8-5-16(3)17(4)13-20/h5-13,15H,14H2,1-4H3,(H,25,29)(H,26,31). The molecule has 0 saturated heterocycles. The summed E-state index contributed by atoms with van der Waals surface area (Å²) < 4.78 is 0.979. The van der Waals surface area contributed by atoms with Gasteiger partial charge in [-0.1, -0.05) is 32.0 Å². The fraction of sp³-hybridized carbons (Fsp3) is 0.250. The number of anilines is 2. The highest BCUT2D eigenvalue weighted by molar-refractivity contribution is 6.02. The van der Waals surface area contributed by atoms with Gasteiger partial charge in [0.1, 0.15) is 12.2 Å². The van der Waals surface area contributed by atoms with Crippen LogP contribution in [0.1, 0.15) is 46.9 Å². The molecule has 0 unspecified atom stereocenters. The molecule has 7 heteroatoms. The molecule has 160 valence electrons. The second-order valence-electron chi connectivity index (χ2n) is 7.79. The maximum Gasteiger partial charge on any atom is 0.276 e. The van der Waals surface area contributed by atoms with E-state index in [0.29, 0.717) is 17.3 Å². The zero-order valence-corrected chi connectivity index (χ0v) is 18.1. The van der Waals surface area contributed by atoms with Gasteiger partial charge in [-0.3, -0.25) is 14.4 Å². The molecule has 0 radical (unpaired) electrons. The van der Waals surface area contributed by atoms with Crippen LogP contribution in [0.15, 0.2) is 59.4 Å². The van der Waals surface area contributed by atoms with Crippen molar-refractivity contribution in [3.63, 3.8) is 0 Å². The molecule has 0 aliphatic carbocycles. The number of carbonyl (C=O) groups excluding carboxylic acids is 2. The average Bonchev–Trinajstić information content (AvgIpc) is 2.72. The maximum atomic E-state index is 12.5. The monoisotopic (exact) mass is 418 g/mol. The fourth-order valence-electron chi connectivity index (χ4n) is 2.99. The lowest BCUT2D eigenvalue weighted by atomic mass is 10.0. The number of amides is 2. The molecule has 31 heavy (non-hydrogen) atoms. The van der Waals surface area contributed by atoms with Crippen LogP contribution in [0.25, 0.3) is 0 Å². The maximum absolute atomic E-state index is 12.5. The van der Waals surface area contributed by atoms with E-state index in [4.69, 9.17) is 0 Å². The van der Waals surface area contributed by atoms with Crippen molar-refractivity contribution in [2.24, 2.45) is 0 Å². The molecule has 7 nitrogen and oxygen atoms in total. The van der Waals surface area contributed by atoms with Gasteiger partial charge in [-0.25, -0.2) is 4.68 Å². The van der Waals surface area contributed by atoms with Gasteiger partial charge in [0, 0.05) is 17.4 Å². The Hall–Kier alpha value is -3.74. The second kappa shape index (κ2) is 9.38. The van der Waals surface area contributed by atoms with E-state index in [9.17, 15) is 14.4 Å². The van der Waals surface area contributed by atoms with E-state index in [2.05, 4.69) is 29.6 Å². The molecule has 0 atom stereocenters. The van der Waals surface area contributed by atoms with Gasteiger partial charge in [-0.05, 0) is 66.8 Å². The van der Waals surface area contributed by atoms with Crippen molar-refractivity contribution in [1.29, 1.82) is 0 Å². The fourth-order valence-corrected chi connectivity index (χ4v) is 2.99. The van der Waals surface area contributed by atoms with Gasteiger partial charge in [0.2, 0.25) is 5.91 Å². The molecule has 0 aliphatic heterocycles. The van der Waals surface area contributed by atoms with Crippen LogP contribution in [-0.4, -0.2) is 21.6 Å². The molecule has 1 heterocycles. The van der Waals surface area contributed by atoms with Crippen molar-refractivity contribution >= 4 is 23.2 Å². The second-order valence-corrected chi connectivity index (χ2v) is 7.79. The number of nitrogens with one attached hydrogen (secondary N) is 2. The van der Waals surface area contributed by atoms with E-state index in [1.807, 2.05) is 50.2 Å². The van der Waals surface area contributed by atoms with Crippen LogP contribution in [0.3, 0.4) is 0 Å². The first-order valence-electron chi connectivity index (χ1n) is 10.1. The zero-order valence-electron chi connectivity index (χ0n) is 18.1. The Balaban J connectivity index is 1.69. The van der Waals surface area contributed by atoms with Gasteiger partial charge in [0.25, 0.3) is 11.5 Å². The van der Waals surface area contributed by atoms with E-state index < -0.39 is 17.4 Å². The van der Waals surface area contributed by atoms with Crippen LogP contribution in [0.4, 0.5) is 11.4 Å². The topological polar surface area (TPSA) is 93.1 Å². The number of aromatic nitrogens is 2. The molecular formula is C24H26N4O3. The Bertz CT molecular complexity index is 1160. The zero-order chi connectivity index (χ0) is 22.5. The molecule has 0 fully saturated rings. The molecule has 3 rings (SSSR count). The molecule has 0 bridgehead atoms. The lowest BCUT2D eigenvalue weighted by Crippen LogP contribution is -2.31. The number of hydrogen-bond donors (Lipinski definition) is 2. The summed E-state index contributed by atoms with van der Waals surface area (Å²) in [6.45, 7) is 7.83. The van der Waals surface area contributed by atoms with Crippen molar-refractivity contribution in [3.05, 3.63) is 87.3 Å². The molecule has 1 aromatic heterocycles. The molecule has 0 spiro atoms. The molecule has 2 amide bonds. The number of aryl methyl sites for hydroxylation is 2. The normalized spacial score (nSPS) is 10.7. The van der Waals surface area contributed by atoms with E-state index in [1.54, 1.807) is 6.07 Å². The van der Waals surface area contributed by atoms with Gasteiger partial charge >= 0.3 is 0 Å². The summed E-state index contributed by atoms with van der Waals surface area (Å²) in [6.07, 6.45) is 0. The van der Waals surface area contributed by atoms with Crippen molar-refractivity contribution in [2.75, 3.05) is 10.6 Å². The van der Waals surface area contributed by atoms with Gasteiger partial charge in [-0.15, -0.1) is 0 Å². The average molecular weight is 418 g/mol. The van der Waals surface area contributed by atoms with Crippen molar-refractivity contribution < 1.29 is 9.59 Å². The predicted octanol–water partition coefficient (Wildman–Crippen LogP) is 3.87. The molecule has 0 aliphatic rings. The minimum Gasteiger partial charge on any atom is -0.324 e. The highest BCUT2D eigenvalue weighted by Gasteiger charge is 2.13. The molecular weight excluding hydrogens is 392 g/mol. The number of rotatable bonds is 6. The first-order valence-corrected chi connectivity index (χ1v) is 10.1. The minimum absolute atomic E-state index is 0.0481. The SMILES string of the molecule is Cc1ccc(NC(=O)c2ccc(=O)n(CC(=O)Nc3ccc(C(C)C)cc3)n2)cc1C. The third kappa shape index (κ3) is 5.66. The van der Waals surface area contributed by atoms with Crippen LogP contribution >= 0.6 is 0 Å². The van der Waals surface area contributed by atoms with E-state index in [1.165, 1.54) is 17.7 Å². The highest BCUT2D eigenvalue weighted by atomic mass is 16.2. The van der Waals surface area contributed by atoms with Gasteiger partial charge in [0.15, 0.2) is 0 Å². The van der Waals surface area contributed by atoms with E-state index in [-0.39, 0.29) is 12.2 Å². The Morgan fingerprint density at radius 2 is 1.58 bits per heavy atom. The number of carbonyl (C=O) groups is 2. The number of benzene rings is 2. The Labute approximate surface area is 181 Å². The summed E-state index contributed by atoms with van der Waals surface area (Å²) in [6, 6.07) is 15.7. The van der Waals surface area contributed by atoms with Crippen LogP contribution in [0, 0.1) is 13.8 Å². The summed E-state index contributed by atoms with van der Waals surface area (Å²) in [7, 11) is 0. The lowest BCUT2D eigenvalue weighted by Gasteiger charge is -2.10.